The minimum Gasteiger partial charge on any atom is -0.373 e. The van der Waals surface area contributed by atoms with E-state index in [4.69, 9.17) is 33.7 Å². The molecule has 1 heterocycles. The van der Waals surface area contributed by atoms with Crippen LogP contribution >= 0.6 is 23.2 Å². The van der Waals surface area contributed by atoms with Gasteiger partial charge in [-0.05, 0) is 55.8 Å². The SMILES string of the molecule is NC[C@H]1CCC[C@H]1C(=O)N1CCC(OCc2ccc(Cl)c(Cl)c2)CC1. The summed E-state index contributed by atoms with van der Waals surface area (Å²) in [4.78, 5) is 14.7. The van der Waals surface area contributed by atoms with E-state index in [1.807, 2.05) is 17.0 Å². The highest BCUT2D eigenvalue weighted by Gasteiger charge is 2.35. The van der Waals surface area contributed by atoms with E-state index in [1.54, 1.807) is 6.07 Å². The molecule has 1 aliphatic carbocycles. The number of nitrogens with zero attached hydrogens (tertiary/aromatic N) is 1. The van der Waals surface area contributed by atoms with E-state index in [1.165, 1.54) is 0 Å². The Morgan fingerprint density at radius 1 is 1.16 bits per heavy atom. The minimum atomic E-state index is 0.138. The number of hydrogen-bond acceptors (Lipinski definition) is 3. The van der Waals surface area contributed by atoms with Crippen LogP contribution in [0.3, 0.4) is 0 Å². The predicted octanol–water partition coefficient (Wildman–Crippen LogP) is 3.88. The number of rotatable bonds is 5. The highest BCUT2D eigenvalue weighted by atomic mass is 35.5. The first-order valence-electron chi connectivity index (χ1n) is 9.13. The van der Waals surface area contributed by atoms with E-state index < -0.39 is 0 Å². The van der Waals surface area contributed by atoms with E-state index in [2.05, 4.69) is 0 Å². The van der Waals surface area contributed by atoms with Crippen LogP contribution in [0.1, 0.15) is 37.7 Å². The molecule has 1 saturated heterocycles. The zero-order valence-electron chi connectivity index (χ0n) is 14.4. The van der Waals surface area contributed by atoms with Crippen molar-refractivity contribution < 1.29 is 9.53 Å². The average molecular weight is 385 g/mol. The fourth-order valence-electron chi connectivity index (χ4n) is 3.96. The molecule has 1 aromatic carbocycles. The normalized spacial score (nSPS) is 24.7. The van der Waals surface area contributed by atoms with Crippen LogP contribution in [0.4, 0.5) is 0 Å². The van der Waals surface area contributed by atoms with E-state index in [0.717, 1.165) is 50.8 Å². The molecule has 2 atom stereocenters. The Morgan fingerprint density at radius 3 is 2.60 bits per heavy atom. The zero-order valence-corrected chi connectivity index (χ0v) is 15.9. The molecule has 1 saturated carbocycles. The molecule has 2 N–H and O–H groups in total. The quantitative estimate of drug-likeness (QED) is 0.837. The summed E-state index contributed by atoms with van der Waals surface area (Å²) >= 11 is 12.0. The van der Waals surface area contributed by atoms with Crippen molar-refractivity contribution in [2.24, 2.45) is 17.6 Å². The first kappa shape index (κ1) is 19.0. The Hall–Kier alpha value is -0.810. The summed E-state index contributed by atoms with van der Waals surface area (Å²) in [6.45, 7) is 2.70. The number of carbonyl (C=O) groups excluding carboxylic acids is 1. The average Bonchev–Trinajstić information content (AvgIpc) is 3.11. The molecule has 1 aromatic rings. The molecule has 1 aliphatic heterocycles. The van der Waals surface area contributed by atoms with Gasteiger partial charge in [-0.3, -0.25) is 4.79 Å². The zero-order chi connectivity index (χ0) is 17.8. The van der Waals surface area contributed by atoms with Gasteiger partial charge >= 0.3 is 0 Å². The van der Waals surface area contributed by atoms with E-state index in [9.17, 15) is 4.79 Å². The van der Waals surface area contributed by atoms with Gasteiger partial charge in [-0.15, -0.1) is 0 Å². The summed E-state index contributed by atoms with van der Waals surface area (Å²) < 4.78 is 6.00. The molecule has 6 heteroatoms. The number of halogens is 2. The fourth-order valence-corrected chi connectivity index (χ4v) is 4.29. The monoisotopic (exact) mass is 384 g/mol. The van der Waals surface area contributed by atoms with Crippen molar-refractivity contribution in [3.8, 4) is 0 Å². The maximum Gasteiger partial charge on any atom is 0.226 e. The summed E-state index contributed by atoms with van der Waals surface area (Å²) in [7, 11) is 0. The van der Waals surface area contributed by atoms with Gasteiger partial charge in [0, 0.05) is 19.0 Å². The summed E-state index contributed by atoms with van der Waals surface area (Å²) in [6, 6.07) is 5.56. The van der Waals surface area contributed by atoms with E-state index in [-0.39, 0.29) is 12.0 Å². The van der Waals surface area contributed by atoms with E-state index >= 15 is 0 Å². The topological polar surface area (TPSA) is 55.6 Å². The van der Waals surface area contributed by atoms with Crippen molar-refractivity contribution in [2.75, 3.05) is 19.6 Å². The van der Waals surface area contributed by atoms with Crippen molar-refractivity contribution >= 4 is 29.1 Å². The second-order valence-corrected chi connectivity index (χ2v) is 7.93. The maximum absolute atomic E-state index is 12.7. The molecule has 138 valence electrons. The van der Waals surface area contributed by atoms with Gasteiger partial charge in [0.25, 0.3) is 0 Å². The fraction of sp³-hybridized carbons (Fsp3) is 0.632. The predicted molar refractivity (Wildman–Crippen MR) is 101 cm³/mol. The number of ether oxygens (including phenoxy) is 1. The maximum atomic E-state index is 12.7. The lowest BCUT2D eigenvalue weighted by molar-refractivity contribution is -0.139. The molecular weight excluding hydrogens is 359 g/mol. The Kier molecular flexibility index (Phi) is 6.61. The van der Waals surface area contributed by atoms with E-state index in [0.29, 0.717) is 35.0 Å². The lowest BCUT2D eigenvalue weighted by Crippen LogP contribution is -2.45. The molecule has 1 amide bonds. The highest BCUT2D eigenvalue weighted by molar-refractivity contribution is 6.42. The van der Waals surface area contributed by atoms with Crippen LogP contribution in [0, 0.1) is 11.8 Å². The Morgan fingerprint density at radius 2 is 1.92 bits per heavy atom. The first-order valence-corrected chi connectivity index (χ1v) is 9.88. The second-order valence-electron chi connectivity index (χ2n) is 7.12. The van der Waals surface area contributed by atoms with Gasteiger partial charge in [0.05, 0.1) is 22.8 Å². The molecule has 3 rings (SSSR count). The lowest BCUT2D eigenvalue weighted by Gasteiger charge is -2.34. The molecule has 0 spiro atoms. The summed E-state index contributed by atoms with van der Waals surface area (Å²) in [5.74, 6) is 0.811. The summed E-state index contributed by atoms with van der Waals surface area (Å²) in [6.07, 6.45) is 5.17. The van der Waals surface area contributed by atoms with Gasteiger partial charge in [0.1, 0.15) is 0 Å². The number of carbonyl (C=O) groups is 1. The molecule has 0 radical (unpaired) electrons. The van der Waals surface area contributed by atoms with Crippen LogP contribution < -0.4 is 5.73 Å². The Labute approximate surface area is 159 Å². The minimum absolute atomic E-state index is 0.138. The molecule has 0 aromatic heterocycles. The molecule has 25 heavy (non-hydrogen) atoms. The summed E-state index contributed by atoms with van der Waals surface area (Å²) in [5, 5.41) is 1.11. The van der Waals surface area contributed by atoms with Crippen LogP contribution in [-0.2, 0) is 16.1 Å². The molecule has 0 bridgehead atoms. The third-order valence-electron chi connectivity index (χ3n) is 5.50. The van der Waals surface area contributed by atoms with Gasteiger partial charge in [0.15, 0.2) is 0 Å². The van der Waals surface area contributed by atoms with Crippen molar-refractivity contribution in [3.63, 3.8) is 0 Å². The van der Waals surface area contributed by atoms with Gasteiger partial charge in [-0.1, -0.05) is 35.7 Å². The highest BCUT2D eigenvalue weighted by Crippen LogP contribution is 2.33. The summed E-state index contributed by atoms with van der Waals surface area (Å²) in [5.41, 5.74) is 6.84. The van der Waals surface area contributed by atoms with Crippen molar-refractivity contribution in [3.05, 3.63) is 33.8 Å². The number of benzene rings is 1. The van der Waals surface area contributed by atoms with Gasteiger partial charge in [0.2, 0.25) is 5.91 Å². The van der Waals surface area contributed by atoms with Gasteiger partial charge < -0.3 is 15.4 Å². The number of piperidine rings is 1. The van der Waals surface area contributed by atoms with Crippen molar-refractivity contribution in [1.29, 1.82) is 0 Å². The van der Waals surface area contributed by atoms with Crippen molar-refractivity contribution in [2.45, 2.75) is 44.8 Å². The Bertz CT molecular complexity index is 603. The smallest absolute Gasteiger partial charge is 0.226 e. The second kappa shape index (κ2) is 8.72. The molecular formula is C19H26Cl2N2O2. The van der Waals surface area contributed by atoms with Crippen LogP contribution in [0.15, 0.2) is 18.2 Å². The first-order chi connectivity index (χ1) is 12.1. The third-order valence-corrected chi connectivity index (χ3v) is 6.24. The molecule has 2 fully saturated rings. The lowest BCUT2D eigenvalue weighted by atomic mass is 9.93. The van der Waals surface area contributed by atoms with Crippen LogP contribution in [0.5, 0.6) is 0 Å². The molecule has 2 aliphatic rings. The van der Waals surface area contributed by atoms with Gasteiger partial charge in [-0.2, -0.15) is 0 Å². The Balaban J connectivity index is 1.45. The third kappa shape index (κ3) is 4.68. The number of hydrogen-bond donors (Lipinski definition) is 1. The molecule has 4 nitrogen and oxygen atoms in total. The van der Waals surface area contributed by atoms with Crippen molar-refractivity contribution in [1.82, 2.24) is 4.90 Å². The van der Waals surface area contributed by atoms with Crippen LogP contribution in [0.25, 0.3) is 0 Å². The number of nitrogens with two attached hydrogens (primary N) is 1. The standard InChI is InChI=1S/C19H26Cl2N2O2/c20-17-5-4-13(10-18(17)21)12-25-15-6-8-23(9-7-15)19(24)16-3-1-2-14(16)11-22/h4-5,10,14-16H,1-3,6-9,11-12,22H2/t14-,16-/m1/s1. The van der Waals surface area contributed by atoms with Crippen LogP contribution in [-0.4, -0.2) is 36.5 Å². The largest absolute Gasteiger partial charge is 0.373 e. The number of amides is 1. The van der Waals surface area contributed by atoms with Crippen LogP contribution in [0.2, 0.25) is 10.0 Å². The number of likely N-dealkylation sites (tertiary alicyclic amines) is 1. The van der Waals surface area contributed by atoms with Gasteiger partial charge in [-0.25, -0.2) is 0 Å². The molecule has 0 unspecified atom stereocenters.